The molecule has 9 heteroatoms. The first-order chi connectivity index (χ1) is 14.9. The van der Waals surface area contributed by atoms with E-state index in [1.165, 1.54) is 12.1 Å². The zero-order valence-electron chi connectivity index (χ0n) is 16.5. The monoisotopic (exact) mass is 480 g/mol. The molecule has 0 bridgehead atoms. The van der Waals surface area contributed by atoms with Gasteiger partial charge in [0.05, 0.1) is 17.5 Å². The summed E-state index contributed by atoms with van der Waals surface area (Å²) in [6.07, 6.45) is 3.22. The number of nitrogens with two attached hydrogens (primary N) is 1. The number of nitrogens with one attached hydrogen (secondary N) is 1. The van der Waals surface area contributed by atoms with Crippen molar-refractivity contribution in [2.75, 3.05) is 5.73 Å². The molecule has 2 heterocycles. The third kappa shape index (κ3) is 4.46. The highest BCUT2D eigenvalue weighted by Crippen LogP contribution is 2.30. The number of amides is 1. The molecular formula is C22H18BrFN6O. The van der Waals surface area contributed by atoms with Crippen LogP contribution in [0.2, 0.25) is 0 Å². The minimum absolute atomic E-state index is 0.0442. The fourth-order valence-corrected chi connectivity index (χ4v) is 3.64. The number of benzene rings is 2. The third-order valence-corrected chi connectivity index (χ3v) is 5.29. The van der Waals surface area contributed by atoms with Crippen molar-refractivity contribution in [2.45, 2.75) is 6.54 Å². The molecule has 1 amide bonds. The van der Waals surface area contributed by atoms with Crippen molar-refractivity contribution in [3.8, 4) is 22.4 Å². The van der Waals surface area contributed by atoms with Crippen molar-refractivity contribution in [1.29, 1.82) is 0 Å². The van der Waals surface area contributed by atoms with Crippen molar-refractivity contribution in [2.24, 2.45) is 7.05 Å². The number of halogens is 2. The zero-order chi connectivity index (χ0) is 22.0. The van der Waals surface area contributed by atoms with Crippen molar-refractivity contribution in [3.05, 3.63) is 82.3 Å². The van der Waals surface area contributed by atoms with E-state index in [-0.39, 0.29) is 17.9 Å². The smallest absolute Gasteiger partial charge is 0.254 e. The summed E-state index contributed by atoms with van der Waals surface area (Å²) in [6, 6.07) is 13.7. The second kappa shape index (κ2) is 8.65. The number of hydrogen-bond donors (Lipinski definition) is 2. The Morgan fingerprint density at radius 3 is 2.71 bits per heavy atom. The topological polar surface area (TPSA) is 98.7 Å². The number of aryl methyl sites for hydroxylation is 1. The molecule has 0 unspecified atom stereocenters. The van der Waals surface area contributed by atoms with Crippen LogP contribution in [0.4, 0.5) is 10.2 Å². The lowest BCUT2D eigenvalue weighted by molar-refractivity contribution is 0.0947. The molecule has 0 atom stereocenters. The Kier molecular flexibility index (Phi) is 5.77. The van der Waals surface area contributed by atoms with Crippen LogP contribution < -0.4 is 11.1 Å². The molecule has 0 saturated carbocycles. The minimum atomic E-state index is -0.642. The van der Waals surface area contributed by atoms with E-state index in [2.05, 4.69) is 36.5 Å². The second-order valence-corrected chi connectivity index (χ2v) is 7.82. The maximum Gasteiger partial charge on any atom is 0.254 e. The molecule has 0 aliphatic carbocycles. The van der Waals surface area contributed by atoms with E-state index in [1.54, 1.807) is 36.3 Å². The number of carbonyl (C=O) groups excluding carboxylic acids is 1. The van der Waals surface area contributed by atoms with E-state index >= 15 is 0 Å². The van der Waals surface area contributed by atoms with Gasteiger partial charge in [-0.3, -0.25) is 4.79 Å². The number of aromatic nitrogens is 4. The summed E-state index contributed by atoms with van der Waals surface area (Å²) in [6.45, 7) is 0.289. The molecule has 0 spiro atoms. The first-order valence-corrected chi connectivity index (χ1v) is 10.1. The highest BCUT2D eigenvalue weighted by atomic mass is 79.9. The van der Waals surface area contributed by atoms with Gasteiger partial charge in [0.25, 0.3) is 5.91 Å². The Hall–Kier alpha value is -3.59. The molecule has 3 N–H and O–H groups in total. The number of hydrogen-bond acceptors (Lipinski definition) is 5. The summed E-state index contributed by atoms with van der Waals surface area (Å²) in [7, 11) is 1.76. The normalized spacial score (nSPS) is 10.8. The van der Waals surface area contributed by atoms with Crippen molar-refractivity contribution in [3.63, 3.8) is 0 Å². The van der Waals surface area contributed by atoms with Gasteiger partial charge in [-0.05, 0) is 41.5 Å². The largest absolute Gasteiger partial charge is 0.383 e. The average molecular weight is 481 g/mol. The molecule has 2 aromatic heterocycles. The van der Waals surface area contributed by atoms with E-state index < -0.39 is 11.7 Å². The van der Waals surface area contributed by atoms with Crippen LogP contribution in [0.1, 0.15) is 15.9 Å². The maximum absolute atomic E-state index is 14.8. The number of nitrogens with zero attached hydrogens (tertiary/aromatic N) is 4. The molecule has 0 fully saturated rings. The second-order valence-electron chi connectivity index (χ2n) is 6.91. The van der Waals surface area contributed by atoms with E-state index in [1.807, 2.05) is 24.3 Å². The van der Waals surface area contributed by atoms with Gasteiger partial charge in [-0.15, -0.1) is 5.10 Å². The Morgan fingerprint density at radius 1 is 1.16 bits per heavy atom. The van der Waals surface area contributed by atoms with Crippen LogP contribution >= 0.6 is 15.9 Å². The Labute approximate surface area is 186 Å². The van der Waals surface area contributed by atoms with Gasteiger partial charge in [-0.1, -0.05) is 39.3 Å². The highest BCUT2D eigenvalue weighted by molar-refractivity contribution is 9.10. The zero-order valence-corrected chi connectivity index (χ0v) is 18.1. The molecule has 0 radical (unpaired) electrons. The molecular weight excluding hydrogens is 463 g/mol. The van der Waals surface area contributed by atoms with Gasteiger partial charge in [0.2, 0.25) is 0 Å². The molecule has 0 aliphatic rings. The van der Waals surface area contributed by atoms with Gasteiger partial charge in [0, 0.05) is 35.4 Å². The first-order valence-electron chi connectivity index (χ1n) is 9.35. The number of nitrogen functional groups attached to an aromatic ring is 1. The minimum Gasteiger partial charge on any atom is -0.383 e. The summed E-state index contributed by atoms with van der Waals surface area (Å²) < 4.78 is 17.3. The summed E-state index contributed by atoms with van der Waals surface area (Å²) in [4.78, 5) is 16.7. The molecule has 31 heavy (non-hydrogen) atoms. The van der Waals surface area contributed by atoms with Crippen LogP contribution in [0, 0.1) is 5.82 Å². The standard InChI is InChI=1S/C22H18BrFN6O/c1-30-20(12-28-29-30)15-8-18(21(25)26-11-15)14-5-6-17(19(24)9-14)22(31)27-10-13-3-2-4-16(23)7-13/h2-9,11-12H,10H2,1H3,(H2,25,26)(H,27,31). The van der Waals surface area contributed by atoms with Crippen LogP contribution in [0.15, 0.2) is 65.4 Å². The molecule has 156 valence electrons. The summed E-state index contributed by atoms with van der Waals surface area (Å²) >= 11 is 3.39. The lowest BCUT2D eigenvalue weighted by Crippen LogP contribution is -2.23. The van der Waals surface area contributed by atoms with E-state index in [0.717, 1.165) is 21.3 Å². The van der Waals surface area contributed by atoms with Crippen LogP contribution in [-0.2, 0) is 13.6 Å². The quantitative estimate of drug-likeness (QED) is 0.450. The van der Waals surface area contributed by atoms with Crippen molar-refractivity contribution < 1.29 is 9.18 Å². The van der Waals surface area contributed by atoms with Crippen molar-refractivity contribution >= 4 is 27.7 Å². The number of anilines is 1. The van der Waals surface area contributed by atoms with Gasteiger partial charge < -0.3 is 11.1 Å². The van der Waals surface area contributed by atoms with Gasteiger partial charge in [-0.2, -0.15) is 0 Å². The molecule has 0 saturated heterocycles. The van der Waals surface area contributed by atoms with E-state index in [0.29, 0.717) is 11.1 Å². The van der Waals surface area contributed by atoms with Gasteiger partial charge >= 0.3 is 0 Å². The Bertz CT molecular complexity index is 1270. The molecule has 0 aliphatic heterocycles. The highest BCUT2D eigenvalue weighted by Gasteiger charge is 2.15. The Morgan fingerprint density at radius 2 is 2.00 bits per heavy atom. The van der Waals surface area contributed by atoms with E-state index in [9.17, 15) is 9.18 Å². The van der Waals surface area contributed by atoms with Crippen LogP contribution in [-0.4, -0.2) is 25.9 Å². The molecule has 4 rings (SSSR count). The molecule has 4 aromatic rings. The molecule has 7 nitrogen and oxygen atoms in total. The maximum atomic E-state index is 14.8. The Balaban J connectivity index is 1.57. The SMILES string of the molecule is Cn1nncc1-c1cnc(N)c(-c2ccc(C(=O)NCc3cccc(Br)c3)c(F)c2)c1. The third-order valence-electron chi connectivity index (χ3n) is 4.80. The lowest BCUT2D eigenvalue weighted by Gasteiger charge is -2.11. The average Bonchev–Trinajstić information content (AvgIpc) is 3.18. The van der Waals surface area contributed by atoms with Gasteiger partial charge in [0.1, 0.15) is 11.6 Å². The van der Waals surface area contributed by atoms with Crippen LogP contribution in [0.5, 0.6) is 0 Å². The predicted molar refractivity (Wildman–Crippen MR) is 119 cm³/mol. The number of carbonyl (C=O) groups is 1. The predicted octanol–water partition coefficient (Wildman–Crippen LogP) is 3.96. The summed E-state index contributed by atoms with van der Waals surface area (Å²) in [5, 5.41) is 10.5. The number of rotatable bonds is 5. The lowest BCUT2D eigenvalue weighted by atomic mass is 10.0. The fourth-order valence-electron chi connectivity index (χ4n) is 3.19. The van der Waals surface area contributed by atoms with E-state index in [4.69, 9.17) is 5.73 Å². The van der Waals surface area contributed by atoms with Crippen LogP contribution in [0.25, 0.3) is 22.4 Å². The van der Waals surface area contributed by atoms with Gasteiger partial charge in [0.15, 0.2) is 0 Å². The number of pyridine rings is 1. The van der Waals surface area contributed by atoms with Crippen LogP contribution in [0.3, 0.4) is 0 Å². The first kappa shape index (κ1) is 20.7. The fraction of sp³-hybridized carbons (Fsp3) is 0.0909. The summed E-state index contributed by atoms with van der Waals surface area (Å²) in [5.74, 6) is -0.883. The summed E-state index contributed by atoms with van der Waals surface area (Å²) in [5.41, 5.74) is 9.45. The van der Waals surface area contributed by atoms with Gasteiger partial charge in [-0.25, -0.2) is 14.1 Å². The molecule has 2 aromatic carbocycles. The van der Waals surface area contributed by atoms with Crippen molar-refractivity contribution in [1.82, 2.24) is 25.3 Å².